The number of halogens is 1. The van der Waals surface area contributed by atoms with E-state index < -0.39 is 11.9 Å². The van der Waals surface area contributed by atoms with Crippen LogP contribution < -0.4 is 10.1 Å². The third kappa shape index (κ3) is 4.25. The van der Waals surface area contributed by atoms with Crippen LogP contribution in [0.1, 0.15) is 29.2 Å². The highest BCUT2D eigenvalue weighted by molar-refractivity contribution is 5.85. The lowest BCUT2D eigenvalue weighted by atomic mass is 10.1. The Hall–Kier alpha value is -2.56. The summed E-state index contributed by atoms with van der Waals surface area (Å²) < 4.78 is 24.8. The molecule has 0 heterocycles. The van der Waals surface area contributed by atoms with E-state index in [1.807, 2.05) is 32.9 Å². The molecule has 1 N–H and O–H groups in total. The average Bonchev–Trinajstić information content (AvgIpc) is 2.51. The molecule has 0 atom stereocenters. The molecule has 0 saturated carbocycles. The highest BCUT2D eigenvalue weighted by Gasteiger charge is 2.13. The van der Waals surface area contributed by atoms with Crippen LogP contribution in [-0.4, -0.2) is 12.7 Å². The number of nitrogens with one attached hydrogen (secondary N) is 1. The summed E-state index contributed by atoms with van der Waals surface area (Å²) in [7, 11) is 0. The van der Waals surface area contributed by atoms with Gasteiger partial charge < -0.3 is 9.47 Å². The predicted octanol–water partition coefficient (Wildman–Crippen LogP) is 4.90. The fraction of sp³-hybridized carbons (Fsp3) is 0.316. The van der Waals surface area contributed by atoms with Crippen LogP contribution in [0.3, 0.4) is 0 Å². The topological polar surface area (TPSA) is 47.6 Å². The molecule has 0 unspecified atom stereocenters. The van der Waals surface area contributed by atoms with Crippen molar-refractivity contribution in [3.8, 4) is 5.75 Å². The van der Waals surface area contributed by atoms with Gasteiger partial charge in [0.25, 0.3) is 0 Å². The van der Waals surface area contributed by atoms with E-state index in [0.717, 1.165) is 11.1 Å². The Bertz CT molecular complexity index is 744. The Balaban J connectivity index is 2.20. The molecule has 0 aliphatic heterocycles. The van der Waals surface area contributed by atoms with Crippen LogP contribution >= 0.6 is 0 Å². The maximum absolute atomic E-state index is 14.2. The minimum absolute atomic E-state index is 0.0117. The van der Waals surface area contributed by atoms with Gasteiger partial charge in [-0.2, -0.15) is 0 Å². The number of anilines is 1. The highest BCUT2D eigenvalue weighted by atomic mass is 19.1. The lowest BCUT2D eigenvalue weighted by Crippen LogP contribution is -2.16. The number of hydrogen-bond acceptors (Lipinski definition) is 3. The van der Waals surface area contributed by atoms with Gasteiger partial charge in [-0.05, 0) is 62.6 Å². The van der Waals surface area contributed by atoms with E-state index in [1.54, 1.807) is 13.0 Å². The first-order chi connectivity index (χ1) is 11.4. The van der Waals surface area contributed by atoms with Crippen molar-refractivity contribution in [3.05, 3.63) is 58.4 Å². The smallest absolute Gasteiger partial charge is 0.411 e. The predicted molar refractivity (Wildman–Crippen MR) is 92.0 cm³/mol. The van der Waals surface area contributed by atoms with Gasteiger partial charge in [0.1, 0.15) is 18.2 Å². The Labute approximate surface area is 141 Å². The summed E-state index contributed by atoms with van der Waals surface area (Å²) >= 11 is 0. The Kier molecular flexibility index (Phi) is 5.79. The lowest BCUT2D eigenvalue weighted by Gasteiger charge is -2.15. The molecule has 0 fully saturated rings. The van der Waals surface area contributed by atoms with Gasteiger partial charge in [0.15, 0.2) is 0 Å². The van der Waals surface area contributed by atoms with Crippen LogP contribution in [0.5, 0.6) is 5.75 Å². The Morgan fingerprint density at radius 2 is 1.83 bits per heavy atom. The lowest BCUT2D eigenvalue weighted by molar-refractivity contribution is 0.168. The number of hydrogen-bond donors (Lipinski definition) is 1. The van der Waals surface area contributed by atoms with Crippen LogP contribution in [-0.2, 0) is 11.3 Å². The van der Waals surface area contributed by atoms with Crippen molar-refractivity contribution in [2.24, 2.45) is 0 Å². The maximum Gasteiger partial charge on any atom is 0.411 e. The number of benzene rings is 2. The van der Waals surface area contributed by atoms with Gasteiger partial charge >= 0.3 is 6.09 Å². The maximum atomic E-state index is 14.2. The molecule has 1 amide bonds. The second-order valence-corrected chi connectivity index (χ2v) is 5.60. The molecule has 128 valence electrons. The van der Waals surface area contributed by atoms with Gasteiger partial charge in [-0.1, -0.05) is 12.1 Å². The molecule has 0 saturated heterocycles. The SMILES string of the molecule is CCOC(=O)Nc1cccc(F)c1COc1cc(C)c(C)cc1C. The fourth-order valence-electron chi connectivity index (χ4n) is 2.34. The van der Waals surface area contributed by atoms with E-state index in [-0.39, 0.29) is 18.8 Å². The first-order valence-corrected chi connectivity index (χ1v) is 7.84. The van der Waals surface area contributed by atoms with Gasteiger partial charge in [0.2, 0.25) is 0 Å². The van der Waals surface area contributed by atoms with Crippen molar-refractivity contribution in [1.29, 1.82) is 0 Å². The summed E-state index contributed by atoms with van der Waals surface area (Å²) in [5.41, 5.74) is 3.89. The third-order valence-corrected chi connectivity index (χ3v) is 3.79. The van der Waals surface area contributed by atoms with Gasteiger partial charge in [-0.3, -0.25) is 5.32 Å². The monoisotopic (exact) mass is 331 g/mol. The molecular weight excluding hydrogens is 309 g/mol. The van der Waals surface area contributed by atoms with Crippen LogP contribution in [0.25, 0.3) is 0 Å². The van der Waals surface area contributed by atoms with Crippen LogP contribution in [0.15, 0.2) is 30.3 Å². The summed E-state index contributed by atoms with van der Waals surface area (Å²) in [5, 5.41) is 2.54. The molecular formula is C19H22FNO3. The molecule has 2 aromatic carbocycles. The van der Waals surface area contributed by atoms with E-state index in [1.165, 1.54) is 17.7 Å². The molecule has 0 spiro atoms. The standard InChI is InChI=1S/C19H22FNO3/c1-5-23-19(22)21-17-8-6-7-16(20)15(17)11-24-18-10-13(3)12(2)9-14(18)4/h6-10H,5,11H2,1-4H3,(H,21,22). The number of rotatable bonds is 5. The van der Waals surface area contributed by atoms with Crippen molar-refractivity contribution in [2.45, 2.75) is 34.3 Å². The van der Waals surface area contributed by atoms with Crippen molar-refractivity contribution in [1.82, 2.24) is 0 Å². The van der Waals surface area contributed by atoms with Gasteiger partial charge in [-0.25, -0.2) is 9.18 Å². The zero-order valence-electron chi connectivity index (χ0n) is 14.4. The zero-order chi connectivity index (χ0) is 17.7. The number of carbonyl (C=O) groups is 1. The summed E-state index contributed by atoms with van der Waals surface area (Å²) in [6.45, 7) is 7.94. The Morgan fingerprint density at radius 3 is 2.54 bits per heavy atom. The Morgan fingerprint density at radius 1 is 1.12 bits per heavy atom. The average molecular weight is 331 g/mol. The largest absolute Gasteiger partial charge is 0.488 e. The molecule has 0 aliphatic rings. The minimum atomic E-state index is -0.619. The summed E-state index contributed by atoms with van der Waals surface area (Å²) in [5.74, 6) is 0.259. The summed E-state index contributed by atoms with van der Waals surface area (Å²) in [6, 6.07) is 8.45. The molecule has 0 aliphatic carbocycles. The van der Waals surface area contributed by atoms with Gasteiger partial charge in [0, 0.05) is 5.56 Å². The second-order valence-electron chi connectivity index (χ2n) is 5.60. The minimum Gasteiger partial charge on any atom is -0.488 e. The second kappa shape index (κ2) is 7.81. The highest BCUT2D eigenvalue weighted by Crippen LogP contribution is 2.26. The van der Waals surface area contributed by atoms with E-state index in [4.69, 9.17) is 9.47 Å². The van der Waals surface area contributed by atoms with Gasteiger partial charge in [0.05, 0.1) is 12.3 Å². The van der Waals surface area contributed by atoms with Crippen LogP contribution in [0, 0.1) is 26.6 Å². The molecule has 5 heteroatoms. The molecule has 4 nitrogen and oxygen atoms in total. The van der Waals surface area contributed by atoms with Crippen molar-refractivity contribution >= 4 is 11.8 Å². The molecule has 0 aromatic heterocycles. The molecule has 24 heavy (non-hydrogen) atoms. The van der Waals surface area contributed by atoms with Gasteiger partial charge in [-0.15, -0.1) is 0 Å². The zero-order valence-corrected chi connectivity index (χ0v) is 14.4. The van der Waals surface area contributed by atoms with Crippen LogP contribution in [0.2, 0.25) is 0 Å². The quantitative estimate of drug-likeness (QED) is 0.848. The molecule has 2 rings (SSSR count). The number of amides is 1. The number of aryl methyl sites for hydroxylation is 3. The summed E-state index contributed by atoms with van der Waals surface area (Å²) in [6.07, 6.45) is -0.619. The summed E-state index contributed by atoms with van der Waals surface area (Å²) in [4.78, 5) is 11.6. The fourth-order valence-corrected chi connectivity index (χ4v) is 2.34. The van der Waals surface area contributed by atoms with Crippen molar-refractivity contribution in [3.63, 3.8) is 0 Å². The van der Waals surface area contributed by atoms with E-state index >= 15 is 0 Å². The number of ether oxygens (including phenoxy) is 2. The third-order valence-electron chi connectivity index (χ3n) is 3.79. The molecule has 0 bridgehead atoms. The van der Waals surface area contributed by atoms with Crippen LogP contribution in [0.4, 0.5) is 14.9 Å². The first kappa shape index (κ1) is 17.8. The molecule has 2 aromatic rings. The van der Waals surface area contributed by atoms with E-state index in [0.29, 0.717) is 11.4 Å². The first-order valence-electron chi connectivity index (χ1n) is 7.84. The van der Waals surface area contributed by atoms with Crippen molar-refractivity contribution in [2.75, 3.05) is 11.9 Å². The molecule has 0 radical (unpaired) electrons. The van der Waals surface area contributed by atoms with E-state index in [9.17, 15) is 9.18 Å². The van der Waals surface area contributed by atoms with Crippen molar-refractivity contribution < 1.29 is 18.7 Å². The normalized spacial score (nSPS) is 10.4. The van der Waals surface area contributed by atoms with E-state index in [2.05, 4.69) is 5.32 Å². The number of carbonyl (C=O) groups excluding carboxylic acids is 1.